The highest BCUT2D eigenvalue weighted by Crippen LogP contribution is 2.46. The lowest BCUT2D eigenvalue weighted by Crippen LogP contribution is -2.22. The lowest BCUT2D eigenvalue weighted by Gasteiger charge is -2.26. The minimum absolute atomic E-state index is 0.0481. The van der Waals surface area contributed by atoms with Gasteiger partial charge in [-0.1, -0.05) is 18.2 Å². The van der Waals surface area contributed by atoms with Gasteiger partial charge >= 0.3 is 5.97 Å². The Hall–Kier alpha value is -4.46. The molecule has 0 amide bonds. The molecule has 3 aromatic carbocycles. The van der Waals surface area contributed by atoms with E-state index < -0.39 is 17.3 Å². The molecule has 1 aliphatic rings. The Morgan fingerprint density at radius 3 is 2.39 bits per heavy atom. The van der Waals surface area contributed by atoms with Crippen molar-refractivity contribution in [1.29, 1.82) is 0 Å². The van der Waals surface area contributed by atoms with Gasteiger partial charge in [-0.05, 0) is 35.4 Å². The van der Waals surface area contributed by atoms with E-state index in [-0.39, 0.29) is 46.0 Å². The Bertz CT molecular complexity index is 1470. The van der Waals surface area contributed by atoms with E-state index in [4.69, 9.17) is 13.9 Å². The van der Waals surface area contributed by atoms with E-state index in [2.05, 4.69) is 0 Å². The lowest BCUT2D eigenvalue weighted by atomic mass is 9.84. The highest BCUT2D eigenvalue weighted by atomic mass is 16.5. The molecule has 1 aromatic heterocycles. The van der Waals surface area contributed by atoms with Gasteiger partial charge in [0.15, 0.2) is 11.5 Å². The van der Waals surface area contributed by atoms with Crippen LogP contribution < -0.4 is 14.9 Å². The molecule has 2 heterocycles. The summed E-state index contributed by atoms with van der Waals surface area (Å²) in [5.41, 5.74) is 1.35. The molecule has 8 nitrogen and oxygen atoms in total. The van der Waals surface area contributed by atoms with Crippen LogP contribution in [0.15, 0.2) is 64.0 Å². The van der Waals surface area contributed by atoms with Crippen LogP contribution in [0.25, 0.3) is 22.1 Å². The lowest BCUT2D eigenvalue weighted by molar-refractivity contribution is -0.135. The molecule has 0 radical (unpaired) electrons. The van der Waals surface area contributed by atoms with Crippen LogP contribution in [0.4, 0.5) is 0 Å². The number of phenols is 3. The molecule has 0 saturated heterocycles. The first-order chi connectivity index (χ1) is 15.9. The molecule has 5 rings (SSSR count). The summed E-state index contributed by atoms with van der Waals surface area (Å²) in [5, 5.41) is 30.2. The average Bonchev–Trinajstić information content (AvgIpc) is 2.80. The summed E-state index contributed by atoms with van der Waals surface area (Å²) in [4.78, 5) is 25.6. The smallest absolute Gasteiger partial charge is 0.312 e. The molecule has 0 bridgehead atoms. The van der Waals surface area contributed by atoms with Crippen molar-refractivity contribution in [2.24, 2.45) is 0 Å². The molecule has 0 spiro atoms. The monoisotopic (exact) mass is 446 g/mol. The van der Waals surface area contributed by atoms with E-state index in [0.29, 0.717) is 22.4 Å². The maximum Gasteiger partial charge on any atom is 0.312 e. The normalized spacial score (nSPS) is 15.2. The van der Waals surface area contributed by atoms with Gasteiger partial charge in [-0.3, -0.25) is 9.59 Å². The predicted molar refractivity (Wildman–Crippen MR) is 118 cm³/mol. The third kappa shape index (κ3) is 3.32. The van der Waals surface area contributed by atoms with Crippen LogP contribution in [-0.4, -0.2) is 28.4 Å². The molecule has 0 saturated carbocycles. The van der Waals surface area contributed by atoms with Crippen LogP contribution in [-0.2, 0) is 4.79 Å². The van der Waals surface area contributed by atoms with E-state index >= 15 is 0 Å². The van der Waals surface area contributed by atoms with Gasteiger partial charge in [0.1, 0.15) is 34.5 Å². The third-order valence-electron chi connectivity index (χ3n) is 5.77. The number of benzene rings is 3. The number of rotatable bonds is 3. The molecule has 8 heteroatoms. The Morgan fingerprint density at radius 1 is 0.939 bits per heavy atom. The molecule has 166 valence electrons. The fourth-order valence-corrected chi connectivity index (χ4v) is 4.14. The number of phenolic OH excluding ortho intramolecular Hbond substituents is 3. The zero-order chi connectivity index (χ0) is 23.3. The Kier molecular flexibility index (Phi) is 4.70. The van der Waals surface area contributed by atoms with Crippen molar-refractivity contribution < 1.29 is 34.0 Å². The van der Waals surface area contributed by atoms with Crippen molar-refractivity contribution in [3.8, 4) is 39.9 Å². The minimum Gasteiger partial charge on any atom is -0.507 e. The number of hydrogen-bond donors (Lipinski definition) is 3. The van der Waals surface area contributed by atoms with Crippen molar-refractivity contribution in [2.45, 2.75) is 12.3 Å². The summed E-state index contributed by atoms with van der Waals surface area (Å²) in [7, 11) is 1.54. The quantitative estimate of drug-likeness (QED) is 0.245. The fourth-order valence-electron chi connectivity index (χ4n) is 4.14. The summed E-state index contributed by atoms with van der Waals surface area (Å²) >= 11 is 0. The Labute approximate surface area is 186 Å². The zero-order valence-electron chi connectivity index (χ0n) is 17.4. The van der Waals surface area contributed by atoms with Gasteiger partial charge in [0.25, 0.3) is 0 Å². The second-order valence-electron chi connectivity index (χ2n) is 7.70. The van der Waals surface area contributed by atoms with Crippen molar-refractivity contribution in [1.82, 2.24) is 0 Å². The number of esters is 1. The maximum absolute atomic E-state index is 13.4. The van der Waals surface area contributed by atoms with E-state index in [1.807, 2.05) is 0 Å². The second-order valence-corrected chi connectivity index (χ2v) is 7.70. The molecule has 1 unspecified atom stereocenters. The number of methoxy groups -OCH3 is 1. The van der Waals surface area contributed by atoms with Crippen molar-refractivity contribution in [3.63, 3.8) is 0 Å². The van der Waals surface area contributed by atoms with Gasteiger partial charge < -0.3 is 29.2 Å². The molecule has 4 aromatic rings. The van der Waals surface area contributed by atoms with Gasteiger partial charge in [0.05, 0.1) is 19.1 Å². The molecule has 33 heavy (non-hydrogen) atoms. The van der Waals surface area contributed by atoms with E-state index in [9.17, 15) is 24.9 Å². The first-order valence-electron chi connectivity index (χ1n) is 10.1. The third-order valence-corrected chi connectivity index (χ3v) is 5.77. The van der Waals surface area contributed by atoms with Gasteiger partial charge in [0.2, 0.25) is 5.43 Å². The van der Waals surface area contributed by atoms with E-state index in [1.54, 1.807) is 30.3 Å². The van der Waals surface area contributed by atoms with Crippen LogP contribution in [0.2, 0.25) is 0 Å². The summed E-state index contributed by atoms with van der Waals surface area (Å²) in [6.45, 7) is 0. The number of hydrogen-bond acceptors (Lipinski definition) is 8. The summed E-state index contributed by atoms with van der Waals surface area (Å²) in [6.07, 6.45) is 1.22. The fraction of sp³-hybridized carbons (Fsp3) is 0.120. The Balaban J connectivity index is 1.74. The molecule has 1 aliphatic heterocycles. The summed E-state index contributed by atoms with van der Waals surface area (Å²) in [6, 6.07) is 12.3. The van der Waals surface area contributed by atoms with Gasteiger partial charge in [-0.15, -0.1) is 0 Å². The largest absolute Gasteiger partial charge is 0.507 e. The maximum atomic E-state index is 13.4. The summed E-state index contributed by atoms with van der Waals surface area (Å²) < 4.78 is 16.3. The predicted octanol–water partition coefficient (Wildman–Crippen LogP) is 4.03. The number of carbonyl (C=O) groups excluding carboxylic acids is 1. The van der Waals surface area contributed by atoms with Crippen molar-refractivity contribution >= 4 is 16.9 Å². The summed E-state index contributed by atoms with van der Waals surface area (Å²) in [5.74, 6) is -1.52. The molecule has 0 fully saturated rings. The second kappa shape index (κ2) is 7.59. The topological polar surface area (TPSA) is 126 Å². The van der Waals surface area contributed by atoms with Crippen molar-refractivity contribution in [2.75, 3.05) is 7.11 Å². The van der Waals surface area contributed by atoms with Crippen LogP contribution in [0.5, 0.6) is 28.7 Å². The molecule has 1 atom stereocenters. The van der Waals surface area contributed by atoms with Gasteiger partial charge in [0, 0.05) is 17.5 Å². The van der Waals surface area contributed by atoms with E-state index in [0.717, 1.165) is 0 Å². The SMILES string of the molecule is COc1ccc(-c2coc3c4c(cc(O)c3c2=O)OC(=O)CC4c2ccc(O)c(O)c2)cc1. The highest BCUT2D eigenvalue weighted by Gasteiger charge is 2.34. The number of carbonyl (C=O) groups is 1. The number of fused-ring (bicyclic) bond motifs is 3. The number of ether oxygens (including phenoxy) is 2. The van der Waals surface area contributed by atoms with Crippen LogP contribution in [0.3, 0.4) is 0 Å². The van der Waals surface area contributed by atoms with Crippen LogP contribution in [0, 0.1) is 0 Å². The minimum atomic E-state index is -0.633. The van der Waals surface area contributed by atoms with Crippen LogP contribution >= 0.6 is 0 Å². The van der Waals surface area contributed by atoms with Crippen molar-refractivity contribution in [3.05, 3.63) is 76.1 Å². The first kappa shape index (κ1) is 20.4. The number of aromatic hydroxyl groups is 3. The first-order valence-corrected chi connectivity index (χ1v) is 10.1. The standard InChI is InChI=1S/C25H18O8/c1-31-14-5-2-12(3-6-14)16-11-32-25-22-15(13-4-7-17(26)18(27)8-13)9-21(29)33-20(22)10-19(28)23(25)24(16)30/h2-8,10-11,15,26-28H,9H2,1H3. The van der Waals surface area contributed by atoms with Crippen LogP contribution in [0.1, 0.15) is 23.5 Å². The Morgan fingerprint density at radius 2 is 1.70 bits per heavy atom. The van der Waals surface area contributed by atoms with E-state index in [1.165, 1.54) is 31.6 Å². The molecule has 0 aliphatic carbocycles. The molecular formula is C25H18O8. The molecule has 3 N–H and O–H groups in total. The van der Waals surface area contributed by atoms with Gasteiger partial charge in [-0.2, -0.15) is 0 Å². The van der Waals surface area contributed by atoms with Gasteiger partial charge in [-0.25, -0.2) is 0 Å². The average molecular weight is 446 g/mol. The molecular weight excluding hydrogens is 428 g/mol. The zero-order valence-corrected chi connectivity index (χ0v) is 17.4. The highest BCUT2D eigenvalue weighted by molar-refractivity contribution is 5.94.